The molecule has 0 spiro atoms. The summed E-state index contributed by atoms with van der Waals surface area (Å²) in [4.78, 5) is 7.68. The Balaban J connectivity index is 1.54. The summed E-state index contributed by atoms with van der Waals surface area (Å²) in [5.74, 6) is -6.22. The van der Waals surface area contributed by atoms with Crippen LogP contribution in [0, 0.1) is 17.8 Å². The molecule has 1 unspecified atom stereocenters. The maximum absolute atomic E-state index is 15.4. The molecule has 0 fully saturated rings. The highest BCUT2D eigenvalue weighted by Crippen LogP contribution is 2.47. The van der Waals surface area contributed by atoms with Gasteiger partial charge in [0.15, 0.2) is 5.75 Å². The van der Waals surface area contributed by atoms with Crippen molar-refractivity contribution in [3.8, 4) is 17.1 Å². The lowest BCUT2D eigenvalue weighted by Gasteiger charge is -2.33. The number of hydrogen-bond donors (Lipinski definition) is 0. The van der Waals surface area contributed by atoms with Crippen LogP contribution in [0.1, 0.15) is 115 Å². The van der Waals surface area contributed by atoms with E-state index in [1.165, 1.54) is 37.5 Å². The van der Waals surface area contributed by atoms with Gasteiger partial charge in [0.1, 0.15) is 0 Å². The fourth-order valence-corrected chi connectivity index (χ4v) is 5.35. The average Bonchev–Trinajstić information content (AvgIpc) is 2.93. The summed E-state index contributed by atoms with van der Waals surface area (Å²) in [7, 11) is 0. The number of pyridine rings is 2. The minimum atomic E-state index is -3.30. The first-order valence-corrected chi connectivity index (χ1v) is 15.3. The van der Waals surface area contributed by atoms with Crippen molar-refractivity contribution in [3.63, 3.8) is 0 Å². The van der Waals surface area contributed by atoms with E-state index in [1.807, 2.05) is 0 Å². The van der Waals surface area contributed by atoms with E-state index < -0.39 is 29.3 Å². The van der Waals surface area contributed by atoms with Crippen LogP contribution in [0.4, 0.5) is 17.6 Å². The highest BCUT2D eigenvalue weighted by molar-refractivity contribution is 5.57. The van der Waals surface area contributed by atoms with E-state index in [2.05, 4.69) is 23.8 Å². The Morgan fingerprint density at radius 3 is 2.15 bits per heavy atom. The molecule has 0 saturated carbocycles. The SMILES string of the molecule is CCCCCCCCOc1ccc(-c2cc3c(c(F)n2)C(F)(F)C(CCCCCOCCCCC)CC3)nc1F. The van der Waals surface area contributed by atoms with Crippen LogP contribution in [0.5, 0.6) is 5.75 Å². The Hall–Kier alpha value is -2.22. The van der Waals surface area contributed by atoms with E-state index in [4.69, 9.17) is 9.47 Å². The molecule has 40 heavy (non-hydrogen) atoms. The number of alkyl halides is 2. The normalized spacial score (nSPS) is 16.2. The Kier molecular flexibility index (Phi) is 13.6. The Morgan fingerprint density at radius 2 is 1.40 bits per heavy atom. The molecular formula is C32H46F4N2O2. The van der Waals surface area contributed by atoms with Crippen LogP contribution in [0.3, 0.4) is 0 Å². The van der Waals surface area contributed by atoms with Gasteiger partial charge >= 0.3 is 0 Å². The monoisotopic (exact) mass is 566 g/mol. The summed E-state index contributed by atoms with van der Waals surface area (Å²) in [6.07, 6.45) is 13.1. The van der Waals surface area contributed by atoms with Gasteiger partial charge in [-0.1, -0.05) is 71.6 Å². The van der Waals surface area contributed by atoms with E-state index in [9.17, 15) is 4.39 Å². The molecule has 3 rings (SSSR count). The average molecular weight is 567 g/mol. The zero-order valence-electron chi connectivity index (χ0n) is 24.3. The minimum absolute atomic E-state index is 0.0215. The van der Waals surface area contributed by atoms with Gasteiger partial charge in [0.2, 0.25) is 5.95 Å². The molecule has 0 saturated heterocycles. The van der Waals surface area contributed by atoms with Crippen molar-refractivity contribution in [3.05, 3.63) is 41.2 Å². The first-order chi connectivity index (χ1) is 19.4. The van der Waals surface area contributed by atoms with E-state index >= 15 is 13.2 Å². The van der Waals surface area contributed by atoms with Crippen molar-refractivity contribution in [2.24, 2.45) is 5.92 Å². The zero-order valence-corrected chi connectivity index (χ0v) is 24.3. The van der Waals surface area contributed by atoms with Gasteiger partial charge in [0, 0.05) is 19.1 Å². The molecule has 2 aromatic rings. The van der Waals surface area contributed by atoms with Gasteiger partial charge in [0.05, 0.1) is 23.6 Å². The predicted octanol–water partition coefficient (Wildman–Crippen LogP) is 9.58. The van der Waals surface area contributed by atoms with Crippen molar-refractivity contribution in [2.45, 2.75) is 116 Å². The van der Waals surface area contributed by atoms with Gasteiger partial charge in [-0.3, -0.25) is 0 Å². The summed E-state index contributed by atoms with van der Waals surface area (Å²) >= 11 is 0. The molecule has 8 heteroatoms. The van der Waals surface area contributed by atoms with Crippen LogP contribution in [0.25, 0.3) is 11.4 Å². The molecule has 1 aliphatic rings. The van der Waals surface area contributed by atoms with Gasteiger partial charge in [-0.15, -0.1) is 0 Å². The van der Waals surface area contributed by atoms with Gasteiger partial charge in [-0.25, -0.2) is 18.7 Å². The zero-order chi connectivity index (χ0) is 28.8. The van der Waals surface area contributed by atoms with E-state index in [1.54, 1.807) is 0 Å². The topological polar surface area (TPSA) is 44.2 Å². The van der Waals surface area contributed by atoms with Crippen LogP contribution < -0.4 is 4.74 Å². The summed E-state index contributed by atoms with van der Waals surface area (Å²) in [6.45, 7) is 6.09. The minimum Gasteiger partial charge on any atom is -0.489 e. The van der Waals surface area contributed by atoms with Crippen molar-refractivity contribution < 1.29 is 27.0 Å². The smallest absolute Gasteiger partial charge is 0.280 e. The summed E-state index contributed by atoms with van der Waals surface area (Å²) in [5.41, 5.74) is -0.264. The van der Waals surface area contributed by atoms with Crippen molar-refractivity contribution in [2.75, 3.05) is 19.8 Å². The quantitative estimate of drug-likeness (QED) is 0.0965. The second-order valence-corrected chi connectivity index (χ2v) is 11.0. The highest BCUT2D eigenvalue weighted by Gasteiger charge is 2.47. The predicted molar refractivity (Wildman–Crippen MR) is 151 cm³/mol. The highest BCUT2D eigenvalue weighted by atomic mass is 19.3. The lowest BCUT2D eigenvalue weighted by Crippen LogP contribution is -2.33. The molecule has 0 N–H and O–H groups in total. The van der Waals surface area contributed by atoms with Crippen LogP contribution in [0.2, 0.25) is 0 Å². The van der Waals surface area contributed by atoms with Gasteiger partial charge in [-0.05, 0) is 62.3 Å². The van der Waals surface area contributed by atoms with Gasteiger partial charge in [0.25, 0.3) is 11.9 Å². The van der Waals surface area contributed by atoms with E-state index in [0.29, 0.717) is 32.5 Å². The van der Waals surface area contributed by atoms with Gasteiger partial charge in [-0.2, -0.15) is 8.78 Å². The van der Waals surface area contributed by atoms with Crippen molar-refractivity contribution in [1.29, 1.82) is 0 Å². The van der Waals surface area contributed by atoms with Gasteiger partial charge < -0.3 is 9.47 Å². The second kappa shape index (κ2) is 16.9. The van der Waals surface area contributed by atoms with E-state index in [0.717, 1.165) is 58.0 Å². The third-order valence-corrected chi connectivity index (χ3v) is 7.73. The van der Waals surface area contributed by atoms with Crippen LogP contribution >= 0.6 is 0 Å². The molecule has 0 bridgehead atoms. The molecule has 1 atom stereocenters. The van der Waals surface area contributed by atoms with Crippen molar-refractivity contribution >= 4 is 0 Å². The molecule has 1 aliphatic carbocycles. The Bertz CT molecular complexity index is 1030. The first kappa shape index (κ1) is 32.3. The number of ether oxygens (including phenoxy) is 2. The number of halogens is 4. The van der Waals surface area contributed by atoms with E-state index in [-0.39, 0.29) is 29.1 Å². The third-order valence-electron chi connectivity index (χ3n) is 7.73. The fraction of sp³-hybridized carbons (Fsp3) is 0.688. The Labute approximate surface area is 237 Å². The number of aryl methyl sites for hydroxylation is 1. The number of fused-ring (bicyclic) bond motifs is 1. The number of rotatable bonds is 19. The number of nitrogens with zero attached hydrogens (tertiary/aromatic N) is 2. The molecule has 0 amide bonds. The molecular weight excluding hydrogens is 520 g/mol. The maximum Gasteiger partial charge on any atom is 0.280 e. The standard InChI is InChI=1S/C32H46F4N2O2/c1-3-5-7-8-9-14-22-40-28-19-18-26(37-30(28)33)27-23-24-16-17-25(32(35,36)29(24)31(34)38-27)15-11-10-13-21-39-20-12-6-4-2/h18-19,23,25H,3-17,20-22H2,1-2H3. The molecule has 0 aromatic carbocycles. The van der Waals surface area contributed by atoms with Crippen molar-refractivity contribution in [1.82, 2.24) is 9.97 Å². The summed E-state index contributed by atoms with van der Waals surface area (Å²) in [6, 6.07) is 4.36. The second-order valence-electron chi connectivity index (χ2n) is 11.0. The molecule has 2 heterocycles. The third kappa shape index (κ3) is 9.42. The molecule has 2 aromatic heterocycles. The molecule has 0 aliphatic heterocycles. The maximum atomic E-state index is 15.4. The number of unbranched alkanes of at least 4 members (excludes halogenated alkanes) is 9. The molecule has 4 nitrogen and oxygen atoms in total. The number of aromatic nitrogens is 2. The Morgan fingerprint density at radius 1 is 0.775 bits per heavy atom. The molecule has 224 valence electrons. The first-order valence-electron chi connectivity index (χ1n) is 15.3. The largest absolute Gasteiger partial charge is 0.489 e. The number of hydrogen-bond acceptors (Lipinski definition) is 4. The lowest BCUT2D eigenvalue weighted by atomic mass is 9.78. The fourth-order valence-electron chi connectivity index (χ4n) is 5.35. The van der Waals surface area contributed by atoms with Crippen LogP contribution in [0.15, 0.2) is 18.2 Å². The summed E-state index contributed by atoms with van der Waals surface area (Å²) in [5, 5.41) is 0. The lowest BCUT2D eigenvalue weighted by molar-refractivity contribution is -0.0825. The molecule has 0 radical (unpaired) electrons. The summed E-state index contributed by atoms with van der Waals surface area (Å²) < 4.78 is 71.5. The van der Waals surface area contributed by atoms with Crippen LogP contribution in [-0.2, 0) is 17.1 Å². The van der Waals surface area contributed by atoms with Crippen LogP contribution in [-0.4, -0.2) is 29.8 Å².